The molecule has 1 aromatic heterocycles. The summed E-state index contributed by atoms with van der Waals surface area (Å²) in [6, 6.07) is 7.29. The minimum Gasteiger partial charge on any atom is -0.438 e. The summed E-state index contributed by atoms with van der Waals surface area (Å²) in [5.41, 5.74) is 6.73. The number of halogens is 2. The van der Waals surface area contributed by atoms with Gasteiger partial charge >= 0.3 is 0 Å². The van der Waals surface area contributed by atoms with E-state index in [1.54, 1.807) is 18.6 Å². The molecule has 0 fully saturated rings. The largest absolute Gasteiger partial charge is 0.438 e. The molecule has 0 aliphatic carbocycles. The van der Waals surface area contributed by atoms with Crippen molar-refractivity contribution in [1.29, 1.82) is 0 Å². The van der Waals surface area contributed by atoms with Crippen molar-refractivity contribution in [2.24, 2.45) is 5.73 Å². The third-order valence-corrected chi connectivity index (χ3v) is 2.42. The first-order chi connectivity index (χ1) is 8.78. The fourth-order valence-electron chi connectivity index (χ4n) is 1.52. The normalized spacial score (nSPS) is 10.9. The lowest BCUT2D eigenvalue weighted by Crippen LogP contribution is -2.26. The van der Waals surface area contributed by atoms with Crippen LogP contribution in [-0.2, 0) is 6.42 Å². The molecule has 3 N–H and O–H groups in total. The second-order valence-corrected chi connectivity index (χ2v) is 3.94. The number of aromatic nitrogens is 2. The van der Waals surface area contributed by atoms with E-state index in [9.17, 15) is 0 Å². The molecule has 2 aromatic rings. The molecule has 0 aliphatic rings. The molecular weight excluding hydrogens is 301 g/mol. The maximum atomic E-state index is 8.88. The highest BCUT2D eigenvalue weighted by Crippen LogP contribution is 2.18. The average molecular weight is 318 g/mol. The first-order valence-electron chi connectivity index (χ1n) is 5.67. The van der Waals surface area contributed by atoms with Gasteiger partial charge in [-0.25, -0.2) is 4.98 Å². The number of aliphatic hydroxyl groups excluding tert-OH is 1. The minimum absolute atomic E-state index is 0. The van der Waals surface area contributed by atoms with Crippen molar-refractivity contribution in [2.45, 2.75) is 12.5 Å². The summed E-state index contributed by atoms with van der Waals surface area (Å²) in [6.45, 7) is -0.0160. The van der Waals surface area contributed by atoms with E-state index < -0.39 is 0 Å². The number of nitrogens with two attached hydrogens (primary N) is 1. The van der Waals surface area contributed by atoms with Gasteiger partial charge in [0, 0.05) is 18.4 Å². The third-order valence-electron chi connectivity index (χ3n) is 2.42. The van der Waals surface area contributed by atoms with E-state index in [0.29, 0.717) is 18.1 Å². The lowest BCUT2D eigenvalue weighted by molar-refractivity contribution is 0.265. The number of aliphatic hydroxyl groups is 1. The molecular formula is C13H17Cl2N3O2. The van der Waals surface area contributed by atoms with E-state index in [2.05, 4.69) is 9.97 Å². The van der Waals surface area contributed by atoms with Crippen molar-refractivity contribution in [3.8, 4) is 11.6 Å². The van der Waals surface area contributed by atoms with Crippen molar-refractivity contribution in [1.82, 2.24) is 9.97 Å². The SMILES string of the molecule is Cl.Cl.N[C@H](CO)Cc1ccc(Oc2cnccn2)cc1. The summed E-state index contributed by atoms with van der Waals surface area (Å²) in [6.07, 6.45) is 5.35. The Kier molecular flexibility index (Phi) is 8.83. The molecule has 0 radical (unpaired) electrons. The predicted octanol–water partition coefficient (Wildman–Crippen LogP) is 1.97. The fraction of sp³-hybridized carbons (Fsp3) is 0.231. The van der Waals surface area contributed by atoms with E-state index in [0.717, 1.165) is 5.56 Å². The summed E-state index contributed by atoms with van der Waals surface area (Å²) in [5, 5.41) is 8.88. The Morgan fingerprint density at radius 1 is 1.15 bits per heavy atom. The molecule has 2 rings (SSSR count). The van der Waals surface area contributed by atoms with Gasteiger partial charge in [0.1, 0.15) is 5.75 Å². The lowest BCUT2D eigenvalue weighted by Gasteiger charge is -2.09. The molecule has 5 nitrogen and oxygen atoms in total. The summed E-state index contributed by atoms with van der Waals surface area (Å²) in [7, 11) is 0. The molecule has 0 saturated heterocycles. The maximum Gasteiger partial charge on any atom is 0.237 e. The summed E-state index contributed by atoms with van der Waals surface area (Å²) in [4.78, 5) is 7.94. The van der Waals surface area contributed by atoms with Gasteiger partial charge in [-0.1, -0.05) is 12.1 Å². The zero-order chi connectivity index (χ0) is 12.8. The van der Waals surface area contributed by atoms with Gasteiger partial charge < -0.3 is 15.6 Å². The number of rotatable bonds is 5. The molecule has 0 unspecified atom stereocenters. The second-order valence-electron chi connectivity index (χ2n) is 3.94. The number of hydrogen-bond acceptors (Lipinski definition) is 5. The first kappa shape index (κ1) is 18.6. The molecule has 1 aromatic carbocycles. The van der Waals surface area contributed by atoms with Gasteiger partial charge in [0.15, 0.2) is 0 Å². The van der Waals surface area contributed by atoms with Gasteiger partial charge in [-0.2, -0.15) is 0 Å². The van der Waals surface area contributed by atoms with Gasteiger partial charge in [0.2, 0.25) is 5.88 Å². The molecule has 0 bridgehead atoms. The van der Waals surface area contributed by atoms with Crippen LogP contribution in [0.4, 0.5) is 0 Å². The van der Waals surface area contributed by atoms with Crippen LogP contribution in [0.15, 0.2) is 42.9 Å². The molecule has 0 aliphatic heterocycles. The zero-order valence-electron chi connectivity index (χ0n) is 10.7. The smallest absolute Gasteiger partial charge is 0.237 e. The van der Waals surface area contributed by atoms with E-state index in [1.165, 1.54) is 0 Å². The van der Waals surface area contributed by atoms with Crippen LogP contribution in [0.3, 0.4) is 0 Å². The Hall–Kier alpha value is -1.40. The summed E-state index contributed by atoms with van der Waals surface area (Å²) < 4.78 is 5.51. The standard InChI is InChI=1S/C13H15N3O2.2ClH/c14-11(9-17)7-10-1-3-12(4-2-10)18-13-8-15-5-6-16-13;;/h1-6,8,11,17H,7,9,14H2;2*1H/t11-;;/m0../s1. The Morgan fingerprint density at radius 2 is 1.85 bits per heavy atom. The minimum atomic E-state index is -0.225. The van der Waals surface area contributed by atoms with Crippen molar-refractivity contribution >= 4 is 24.8 Å². The lowest BCUT2D eigenvalue weighted by atomic mass is 10.1. The van der Waals surface area contributed by atoms with Crippen molar-refractivity contribution < 1.29 is 9.84 Å². The van der Waals surface area contributed by atoms with Gasteiger partial charge in [-0.3, -0.25) is 4.98 Å². The third kappa shape index (κ3) is 5.71. The van der Waals surface area contributed by atoms with E-state index >= 15 is 0 Å². The molecule has 1 atom stereocenters. The van der Waals surface area contributed by atoms with Crippen LogP contribution in [-0.4, -0.2) is 27.7 Å². The fourth-order valence-corrected chi connectivity index (χ4v) is 1.52. The first-order valence-corrected chi connectivity index (χ1v) is 5.67. The number of nitrogens with zero attached hydrogens (tertiary/aromatic N) is 2. The predicted molar refractivity (Wildman–Crippen MR) is 81.8 cm³/mol. The van der Waals surface area contributed by atoms with Crippen LogP contribution < -0.4 is 10.5 Å². The van der Waals surface area contributed by atoms with E-state index in [4.69, 9.17) is 15.6 Å². The van der Waals surface area contributed by atoms with Gasteiger partial charge in [0.05, 0.1) is 12.8 Å². The van der Waals surface area contributed by atoms with Crippen LogP contribution in [0.1, 0.15) is 5.56 Å². The Labute approximate surface area is 130 Å². The molecule has 7 heteroatoms. The summed E-state index contributed by atoms with van der Waals surface area (Å²) >= 11 is 0. The molecule has 0 spiro atoms. The molecule has 0 saturated carbocycles. The van der Waals surface area contributed by atoms with Gasteiger partial charge in [0.25, 0.3) is 0 Å². The van der Waals surface area contributed by atoms with Crippen molar-refractivity contribution in [3.63, 3.8) is 0 Å². The van der Waals surface area contributed by atoms with Crippen molar-refractivity contribution in [2.75, 3.05) is 6.61 Å². The topological polar surface area (TPSA) is 81.3 Å². The quantitative estimate of drug-likeness (QED) is 0.881. The van der Waals surface area contributed by atoms with Crippen LogP contribution in [0.2, 0.25) is 0 Å². The van der Waals surface area contributed by atoms with Gasteiger partial charge in [-0.15, -0.1) is 24.8 Å². The van der Waals surface area contributed by atoms with Crippen LogP contribution >= 0.6 is 24.8 Å². The Balaban J connectivity index is 0.00000180. The molecule has 1 heterocycles. The van der Waals surface area contributed by atoms with Crippen molar-refractivity contribution in [3.05, 3.63) is 48.4 Å². The monoisotopic (exact) mass is 317 g/mol. The molecule has 0 amide bonds. The van der Waals surface area contributed by atoms with Gasteiger partial charge in [-0.05, 0) is 24.1 Å². The van der Waals surface area contributed by atoms with Crippen LogP contribution in [0.25, 0.3) is 0 Å². The van der Waals surface area contributed by atoms with Crippen LogP contribution in [0.5, 0.6) is 11.6 Å². The molecule has 110 valence electrons. The van der Waals surface area contributed by atoms with E-state index in [-0.39, 0.29) is 37.5 Å². The number of hydrogen-bond donors (Lipinski definition) is 2. The Bertz CT molecular complexity index is 483. The summed E-state index contributed by atoms with van der Waals surface area (Å²) in [5.74, 6) is 1.15. The Morgan fingerprint density at radius 3 is 2.40 bits per heavy atom. The zero-order valence-corrected chi connectivity index (χ0v) is 12.3. The highest BCUT2D eigenvalue weighted by atomic mass is 35.5. The number of benzene rings is 1. The van der Waals surface area contributed by atoms with E-state index in [1.807, 2.05) is 24.3 Å². The second kappa shape index (κ2) is 9.50. The number of ether oxygens (including phenoxy) is 1. The molecule has 20 heavy (non-hydrogen) atoms. The van der Waals surface area contributed by atoms with Crippen LogP contribution in [0, 0.1) is 0 Å². The maximum absolute atomic E-state index is 8.88. The highest BCUT2D eigenvalue weighted by molar-refractivity contribution is 5.85. The highest BCUT2D eigenvalue weighted by Gasteiger charge is 2.03. The average Bonchev–Trinajstić information content (AvgIpc) is 2.42.